The Hall–Kier alpha value is -1.67. The van der Waals surface area contributed by atoms with Crippen molar-refractivity contribution in [2.75, 3.05) is 13.2 Å². The van der Waals surface area contributed by atoms with E-state index in [2.05, 4.69) is 17.2 Å². The smallest absolute Gasteiger partial charge is 0.405 e. The molecule has 0 radical (unpaired) electrons. The summed E-state index contributed by atoms with van der Waals surface area (Å²) >= 11 is 0. The molecule has 0 aromatic carbocycles. The van der Waals surface area contributed by atoms with E-state index in [4.69, 9.17) is 19.9 Å². The third kappa shape index (κ3) is 8.70. The van der Waals surface area contributed by atoms with Crippen LogP contribution in [0.4, 0.5) is 4.79 Å². The molecule has 1 fully saturated rings. The summed E-state index contributed by atoms with van der Waals surface area (Å²) < 4.78 is 18.6. The minimum absolute atomic E-state index is 0.245. The predicted octanol–water partition coefficient (Wildman–Crippen LogP) is 3.97. The molecule has 1 aromatic rings. The zero-order chi connectivity index (χ0) is 21.2. The molecule has 1 aromatic heterocycles. The number of amides is 1. The van der Waals surface area contributed by atoms with Gasteiger partial charge in [-0.3, -0.25) is 4.68 Å². The summed E-state index contributed by atoms with van der Waals surface area (Å²) in [5, 5.41) is 8.46. The van der Waals surface area contributed by atoms with E-state index in [0.717, 1.165) is 18.7 Å². The molecule has 0 unspecified atom stereocenters. The number of carbonyl (C=O) groups is 1. The summed E-state index contributed by atoms with van der Waals surface area (Å²) in [6.45, 7) is 7.28. The summed E-state index contributed by atoms with van der Waals surface area (Å²) in [6.07, 6.45) is 12.6. The number of nitrogens with zero attached hydrogens (tertiary/aromatic N) is 3. The maximum absolute atomic E-state index is 11.4. The molecule has 8 nitrogen and oxygen atoms in total. The minimum atomic E-state index is -0.886. The first-order valence-electron chi connectivity index (χ1n) is 11.0. The van der Waals surface area contributed by atoms with Crippen molar-refractivity contribution in [3.63, 3.8) is 0 Å². The molecule has 2 N–H and O–H groups in total. The van der Waals surface area contributed by atoms with E-state index >= 15 is 0 Å². The van der Waals surface area contributed by atoms with E-state index in [1.54, 1.807) is 0 Å². The van der Waals surface area contributed by atoms with Gasteiger partial charge in [0.1, 0.15) is 0 Å². The highest BCUT2D eigenvalue weighted by atomic mass is 16.7. The van der Waals surface area contributed by atoms with Gasteiger partial charge in [0.05, 0.1) is 18.9 Å². The maximum atomic E-state index is 11.4. The van der Waals surface area contributed by atoms with Gasteiger partial charge in [0.25, 0.3) is 0 Å². The molecule has 0 saturated carbocycles. The number of ether oxygens (including phenoxy) is 3. The topological polar surface area (TPSA) is 101 Å². The normalized spacial score (nSPS) is 17.9. The van der Waals surface area contributed by atoms with Crippen LogP contribution in [0.25, 0.3) is 0 Å². The largest absolute Gasteiger partial charge is 0.438 e. The lowest BCUT2D eigenvalue weighted by Gasteiger charge is -2.42. The van der Waals surface area contributed by atoms with Gasteiger partial charge in [-0.05, 0) is 33.1 Å². The van der Waals surface area contributed by atoms with Crippen LogP contribution in [0.5, 0.6) is 0 Å². The third-order valence-electron chi connectivity index (χ3n) is 5.35. The first-order chi connectivity index (χ1) is 13.8. The van der Waals surface area contributed by atoms with E-state index in [1.807, 2.05) is 24.7 Å². The summed E-state index contributed by atoms with van der Waals surface area (Å²) in [4.78, 5) is 11.4. The second kappa shape index (κ2) is 11.5. The Bertz CT molecular complexity index is 608. The number of primary amides is 1. The molecule has 1 aliphatic rings. The lowest BCUT2D eigenvalue weighted by molar-refractivity contribution is -0.300. The molecule has 0 bridgehead atoms. The van der Waals surface area contributed by atoms with Crippen LogP contribution in [0.2, 0.25) is 0 Å². The Kier molecular flexibility index (Phi) is 9.36. The van der Waals surface area contributed by atoms with Gasteiger partial charge in [0, 0.05) is 12.7 Å². The highest BCUT2D eigenvalue weighted by Gasteiger charge is 2.43. The van der Waals surface area contributed by atoms with Gasteiger partial charge in [0.15, 0.2) is 11.4 Å². The number of unbranched alkanes of at least 4 members (excludes halogenated alkanes) is 7. The fourth-order valence-corrected chi connectivity index (χ4v) is 3.49. The third-order valence-corrected chi connectivity index (χ3v) is 5.35. The Morgan fingerprint density at radius 1 is 1.14 bits per heavy atom. The molecule has 2 rings (SSSR count). The van der Waals surface area contributed by atoms with Gasteiger partial charge >= 0.3 is 6.09 Å². The van der Waals surface area contributed by atoms with Crippen molar-refractivity contribution in [1.82, 2.24) is 15.0 Å². The lowest BCUT2D eigenvalue weighted by atomic mass is 9.97. The Morgan fingerprint density at radius 2 is 1.76 bits per heavy atom. The Labute approximate surface area is 174 Å². The van der Waals surface area contributed by atoms with E-state index in [0.29, 0.717) is 12.8 Å². The van der Waals surface area contributed by atoms with Gasteiger partial charge in [0.2, 0.25) is 0 Å². The minimum Gasteiger partial charge on any atom is -0.438 e. The van der Waals surface area contributed by atoms with E-state index < -0.39 is 17.5 Å². The SMILES string of the molecule is CCCCCCCCCCn1cc(CCC2(OC(N)=O)COC(C)(C)OC2)nn1. The predicted molar refractivity (Wildman–Crippen MR) is 110 cm³/mol. The quantitative estimate of drug-likeness (QED) is 0.494. The summed E-state index contributed by atoms with van der Waals surface area (Å²) in [5.41, 5.74) is 5.23. The zero-order valence-electron chi connectivity index (χ0n) is 18.3. The van der Waals surface area contributed by atoms with Gasteiger partial charge in [-0.25, -0.2) is 4.79 Å². The van der Waals surface area contributed by atoms with Crippen molar-refractivity contribution < 1.29 is 19.0 Å². The maximum Gasteiger partial charge on any atom is 0.405 e. The Balaban J connectivity index is 1.72. The second-order valence-electron chi connectivity index (χ2n) is 8.53. The highest BCUT2D eigenvalue weighted by molar-refractivity contribution is 5.65. The molecule has 0 atom stereocenters. The number of carbonyl (C=O) groups excluding carboxylic acids is 1. The summed E-state index contributed by atoms with van der Waals surface area (Å²) in [7, 11) is 0. The average molecular weight is 411 g/mol. The molecule has 29 heavy (non-hydrogen) atoms. The molecule has 8 heteroatoms. The molecule has 1 saturated heterocycles. The highest BCUT2D eigenvalue weighted by Crippen LogP contribution is 2.29. The fraction of sp³-hybridized carbons (Fsp3) is 0.857. The van der Waals surface area contributed by atoms with Crippen molar-refractivity contribution in [3.05, 3.63) is 11.9 Å². The molecule has 0 aliphatic carbocycles. The van der Waals surface area contributed by atoms with Crippen molar-refractivity contribution in [1.29, 1.82) is 0 Å². The van der Waals surface area contributed by atoms with Crippen molar-refractivity contribution in [2.24, 2.45) is 5.73 Å². The number of hydrogen-bond donors (Lipinski definition) is 1. The van der Waals surface area contributed by atoms with Crippen LogP contribution in [-0.2, 0) is 27.2 Å². The number of nitrogens with two attached hydrogens (primary N) is 1. The zero-order valence-corrected chi connectivity index (χ0v) is 18.3. The van der Waals surface area contributed by atoms with E-state index in [-0.39, 0.29) is 13.2 Å². The van der Waals surface area contributed by atoms with Crippen molar-refractivity contribution in [3.8, 4) is 0 Å². The molecule has 1 amide bonds. The van der Waals surface area contributed by atoms with Crippen LogP contribution < -0.4 is 5.73 Å². The van der Waals surface area contributed by atoms with Crippen LogP contribution in [-0.4, -0.2) is 45.7 Å². The first kappa shape index (κ1) is 23.6. The van der Waals surface area contributed by atoms with Crippen LogP contribution in [0, 0.1) is 0 Å². The number of aromatic nitrogens is 3. The molecule has 2 heterocycles. The Morgan fingerprint density at radius 3 is 2.38 bits per heavy atom. The summed E-state index contributed by atoms with van der Waals surface area (Å²) in [6, 6.07) is 0. The standard InChI is InChI=1S/C21H38N4O4/c1-4-5-6-7-8-9-10-11-14-25-15-18(23-24-25)12-13-21(29-19(22)26)16-27-20(2,3)28-17-21/h15H,4-14,16-17H2,1-3H3,(H2,22,26). The van der Waals surface area contributed by atoms with Gasteiger partial charge in [-0.1, -0.05) is 57.1 Å². The summed E-state index contributed by atoms with van der Waals surface area (Å²) in [5.74, 6) is -0.691. The number of hydrogen-bond acceptors (Lipinski definition) is 6. The average Bonchev–Trinajstić information content (AvgIpc) is 3.12. The van der Waals surface area contributed by atoms with Gasteiger partial charge in [-0.15, -0.1) is 5.10 Å². The van der Waals surface area contributed by atoms with Gasteiger partial charge < -0.3 is 19.9 Å². The first-order valence-corrected chi connectivity index (χ1v) is 11.0. The monoisotopic (exact) mass is 410 g/mol. The van der Waals surface area contributed by atoms with Crippen molar-refractivity contribution in [2.45, 2.75) is 103 Å². The fourth-order valence-electron chi connectivity index (χ4n) is 3.49. The molecule has 1 aliphatic heterocycles. The van der Waals surface area contributed by atoms with Gasteiger partial charge in [-0.2, -0.15) is 0 Å². The van der Waals surface area contributed by atoms with Crippen LogP contribution >= 0.6 is 0 Å². The van der Waals surface area contributed by atoms with Crippen molar-refractivity contribution >= 4 is 6.09 Å². The van der Waals surface area contributed by atoms with E-state index in [9.17, 15) is 4.79 Å². The van der Waals surface area contributed by atoms with Crippen LogP contribution in [0.15, 0.2) is 6.20 Å². The number of rotatable bonds is 13. The molecular formula is C21H38N4O4. The molecule has 0 spiro atoms. The lowest BCUT2D eigenvalue weighted by Crippen LogP contribution is -2.54. The van der Waals surface area contributed by atoms with Crippen LogP contribution in [0.1, 0.15) is 84.3 Å². The number of aryl methyl sites for hydroxylation is 2. The molecule has 166 valence electrons. The van der Waals surface area contributed by atoms with E-state index in [1.165, 1.54) is 44.9 Å². The second-order valence-corrected chi connectivity index (χ2v) is 8.53. The molecular weight excluding hydrogens is 372 g/mol. The van der Waals surface area contributed by atoms with Crippen LogP contribution in [0.3, 0.4) is 0 Å².